The van der Waals surface area contributed by atoms with Crippen molar-refractivity contribution in [3.63, 3.8) is 0 Å². The van der Waals surface area contributed by atoms with Crippen molar-refractivity contribution in [2.45, 2.75) is 6.92 Å². The molecule has 1 heterocycles. The molecule has 0 aliphatic carbocycles. The highest BCUT2D eigenvalue weighted by molar-refractivity contribution is 9.10. The molecule has 0 spiro atoms. The van der Waals surface area contributed by atoms with E-state index in [1.165, 1.54) is 0 Å². The smallest absolute Gasteiger partial charge is 0.205 e. The lowest BCUT2D eigenvalue weighted by molar-refractivity contribution is 0.415. The van der Waals surface area contributed by atoms with Gasteiger partial charge < -0.3 is 10.5 Å². The van der Waals surface area contributed by atoms with Gasteiger partial charge in [-0.3, -0.25) is 4.57 Å². The van der Waals surface area contributed by atoms with E-state index in [0.717, 1.165) is 32.5 Å². The molecule has 102 valence electrons. The number of ether oxygens (including phenoxy) is 1. The summed E-state index contributed by atoms with van der Waals surface area (Å²) in [4.78, 5) is 4.41. The Morgan fingerprint density at radius 3 is 2.80 bits per heavy atom. The van der Waals surface area contributed by atoms with Gasteiger partial charge in [0.05, 0.1) is 23.8 Å². The number of methoxy groups -OCH3 is 1. The molecule has 5 heteroatoms. The highest BCUT2D eigenvalue weighted by Crippen LogP contribution is 2.30. The Morgan fingerprint density at radius 2 is 2.05 bits per heavy atom. The van der Waals surface area contributed by atoms with Crippen molar-refractivity contribution in [2.75, 3.05) is 12.8 Å². The normalized spacial score (nSPS) is 10.9. The lowest BCUT2D eigenvalue weighted by atomic mass is 10.2. The van der Waals surface area contributed by atoms with Gasteiger partial charge in [0.25, 0.3) is 0 Å². The van der Waals surface area contributed by atoms with Crippen molar-refractivity contribution < 1.29 is 4.74 Å². The Balaban J connectivity index is 2.35. The number of benzene rings is 2. The maximum atomic E-state index is 6.09. The first kappa shape index (κ1) is 13.0. The van der Waals surface area contributed by atoms with Crippen LogP contribution in [0.1, 0.15) is 5.56 Å². The van der Waals surface area contributed by atoms with Crippen molar-refractivity contribution in [1.82, 2.24) is 9.55 Å². The van der Waals surface area contributed by atoms with Crippen LogP contribution < -0.4 is 10.5 Å². The van der Waals surface area contributed by atoms with E-state index in [9.17, 15) is 0 Å². The van der Waals surface area contributed by atoms with Crippen LogP contribution in [-0.4, -0.2) is 16.7 Å². The van der Waals surface area contributed by atoms with E-state index in [1.54, 1.807) is 7.11 Å². The second-order valence-electron chi connectivity index (χ2n) is 4.54. The molecule has 0 aliphatic heterocycles. The summed E-state index contributed by atoms with van der Waals surface area (Å²) in [6.07, 6.45) is 0. The van der Waals surface area contributed by atoms with Crippen LogP contribution in [0.4, 0.5) is 5.95 Å². The number of rotatable bonds is 2. The number of aromatic nitrogens is 2. The second kappa shape index (κ2) is 4.83. The van der Waals surface area contributed by atoms with Gasteiger partial charge in [-0.25, -0.2) is 4.98 Å². The summed E-state index contributed by atoms with van der Waals surface area (Å²) in [6.45, 7) is 2.05. The van der Waals surface area contributed by atoms with E-state index in [-0.39, 0.29) is 0 Å². The molecule has 0 saturated carbocycles. The molecular formula is C15H14BrN3O. The summed E-state index contributed by atoms with van der Waals surface area (Å²) in [5, 5.41) is 0. The number of hydrogen-bond donors (Lipinski definition) is 1. The average Bonchev–Trinajstić information content (AvgIpc) is 2.77. The van der Waals surface area contributed by atoms with Crippen LogP contribution in [-0.2, 0) is 0 Å². The maximum Gasteiger partial charge on any atom is 0.205 e. The van der Waals surface area contributed by atoms with E-state index in [1.807, 2.05) is 47.9 Å². The minimum atomic E-state index is 0.467. The molecule has 1 aromatic heterocycles. The lowest BCUT2D eigenvalue weighted by Crippen LogP contribution is -2.02. The van der Waals surface area contributed by atoms with Crippen molar-refractivity contribution in [3.05, 3.63) is 46.4 Å². The van der Waals surface area contributed by atoms with E-state index in [4.69, 9.17) is 10.5 Å². The van der Waals surface area contributed by atoms with Crippen molar-refractivity contribution in [2.24, 2.45) is 0 Å². The van der Waals surface area contributed by atoms with E-state index >= 15 is 0 Å². The third-order valence-electron chi connectivity index (χ3n) is 3.37. The molecule has 2 aromatic carbocycles. The molecule has 0 amide bonds. The van der Waals surface area contributed by atoms with Gasteiger partial charge in [-0.2, -0.15) is 0 Å². The zero-order valence-corrected chi connectivity index (χ0v) is 12.8. The van der Waals surface area contributed by atoms with Gasteiger partial charge in [0.1, 0.15) is 5.75 Å². The van der Waals surface area contributed by atoms with Gasteiger partial charge in [-0.15, -0.1) is 0 Å². The fourth-order valence-electron chi connectivity index (χ4n) is 2.29. The number of nitrogen functional groups attached to an aromatic ring is 1. The highest BCUT2D eigenvalue weighted by Gasteiger charge is 2.13. The molecule has 0 radical (unpaired) electrons. The molecule has 0 aliphatic rings. The number of imidazole rings is 1. The van der Waals surface area contributed by atoms with Crippen LogP contribution in [0.15, 0.2) is 40.9 Å². The van der Waals surface area contributed by atoms with E-state index < -0.39 is 0 Å². The monoisotopic (exact) mass is 331 g/mol. The second-order valence-corrected chi connectivity index (χ2v) is 5.40. The van der Waals surface area contributed by atoms with Crippen LogP contribution in [0.2, 0.25) is 0 Å². The molecule has 3 rings (SSSR count). The van der Waals surface area contributed by atoms with Gasteiger partial charge in [-0.05, 0) is 36.8 Å². The number of nitrogens with two attached hydrogens (primary N) is 1. The largest absolute Gasteiger partial charge is 0.497 e. The molecule has 3 aromatic rings. The number of nitrogens with zero attached hydrogens (tertiary/aromatic N) is 2. The van der Waals surface area contributed by atoms with Crippen LogP contribution >= 0.6 is 15.9 Å². The molecule has 0 saturated heterocycles. The first-order chi connectivity index (χ1) is 9.61. The zero-order chi connectivity index (χ0) is 14.3. The summed E-state index contributed by atoms with van der Waals surface area (Å²) in [5.41, 5.74) is 9.99. The Labute approximate surface area is 125 Å². The third-order valence-corrected chi connectivity index (χ3v) is 4.23. The summed E-state index contributed by atoms with van der Waals surface area (Å²) < 4.78 is 8.27. The molecular weight excluding hydrogens is 318 g/mol. The first-order valence-corrected chi connectivity index (χ1v) is 6.98. The Bertz CT molecular complexity index is 795. The predicted molar refractivity (Wildman–Crippen MR) is 84.5 cm³/mol. The van der Waals surface area contributed by atoms with Gasteiger partial charge in [0.15, 0.2) is 0 Å². The summed E-state index contributed by atoms with van der Waals surface area (Å²) >= 11 is 3.55. The molecule has 0 fully saturated rings. The molecule has 4 nitrogen and oxygen atoms in total. The zero-order valence-electron chi connectivity index (χ0n) is 11.2. The quantitative estimate of drug-likeness (QED) is 0.779. The SMILES string of the molecule is COc1ccc2nc(N)n(-c3cccc(Br)c3C)c2c1. The number of hydrogen-bond acceptors (Lipinski definition) is 3. The first-order valence-electron chi connectivity index (χ1n) is 6.19. The van der Waals surface area contributed by atoms with E-state index in [0.29, 0.717) is 5.95 Å². The van der Waals surface area contributed by atoms with Crippen LogP contribution in [0.3, 0.4) is 0 Å². The van der Waals surface area contributed by atoms with Crippen molar-refractivity contribution in [3.8, 4) is 11.4 Å². The maximum absolute atomic E-state index is 6.09. The average molecular weight is 332 g/mol. The van der Waals surface area contributed by atoms with Gasteiger partial charge in [0, 0.05) is 10.5 Å². The fraction of sp³-hybridized carbons (Fsp3) is 0.133. The summed E-state index contributed by atoms with van der Waals surface area (Å²) in [5.74, 6) is 1.25. The van der Waals surface area contributed by atoms with Gasteiger partial charge >= 0.3 is 0 Å². The van der Waals surface area contributed by atoms with Crippen LogP contribution in [0.5, 0.6) is 5.75 Å². The lowest BCUT2D eigenvalue weighted by Gasteiger charge is -2.11. The summed E-state index contributed by atoms with van der Waals surface area (Å²) in [6, 6.07) is 11.8. The van der Waals surface area contributed by atoms with E-state index in [2.05, 4.69) is 20.9 Å². The molecule has 0 atom stereocenters. The predicted octanol–water partition coefficient (Wildman–Crippen LogP) is 3.69. The minimum absolute atomic E-state index is 0.467. The Hall–Kier alpha value is -2.01. The Morgan fingerprint density at radius 1 is 1.25 bits per heavy atom. The third kappa shape index (κ3) is 1.94. The topological polar surface area (TPSA) is 53.1 Å². The number of fused-ring (bicyclic) bond motifs is 1. The molecule has 0 bridgehead atoms. The standard InChI is InChI=1S/C15H14BrN3O/c1-9-11(16)4-3-5-13(9)19-14-8-10(20-2)6-7-12(14)18-15(19)17/h3-8H,1-2H3,(H2,17,18). The highest BCUT2D eigenvalue weighted by atomic mass is 79.9. The van der Waals surface area contributed by atoms with Crippen molar-refractivity contribution >= 4 is 32.9 Å². The van der Waals surface area contributed by atoms with Crippen LogP contribution in [0.25, 0.3) is 16.7 Å². The number of anilines is 1. The van der Waals surface area contributed by atoms with Crippen molar-refractivity contribution in [1.29, 1.82) is 0 Å². The molecule has 2 N–H and O–H groups in total. The minimum Gasteiger partial charge on any atom is -0.497 e. The number of halogens is 1. The fourth-order valence-corrected chi connectivity index (χ4v) is 2.65. The molecule has 20 heavy (non-hydrogen) atoms. The Kier molecular flexibility index (Phi) is 3.14. The molecule has 0 unspecified atom stereocenters. The van der Waals surface area contributed by atoms with Crippen LogP contribution in [0, 0.1) is 6.92 Å². The van der Waals surface area contributed by atoms with Gasteiger partial charge in [-0.1, -0.05) is 22.0 Å². The van der Waals surface area contributed by atoms with Gasteiger partial charge in [0.2, 0.25) is 5.95 Å². The summed E-state index contributed by atoms with van der Waals surface area (Å²) in [7, 11) is 1.65.